The van der Waals surface area contributed by atoms with E-state index in [-0.39, 0.29) is 12.5 Å². The molecular weight excluding hydrogens is 344 g/mol. The summed E-state index contributed by atoms with van der Waals surface area (Å²) < 4.78 is 1.05. The lowest BCUT2D eigenvalue weighted by atomic mass is 10.2. The monoisotopic (exact) mass is 368 g/mol. The first kappa shape index (κ1) is 18.5. The fourth-order valence-corrected chi connectivity index (χ4v) is 1.82. The Morgan fingerprint density at radius 3 is 2.41 bits per heavy atom. The van der Waals surface area contributed by atoms with E-state index in [1.54, 1.807) is 19.0 Å². The summed E-state index contributed by atoms with van der Waals surface area (Å²) in [5, 5.41) is 6.33. The molecule has 0 aliphatic heterocycles. The summed E-state index contributed by atoms with van der Waals surface area (Å²) >= 11 is 3.42. The van der Waals surface area contributed by atoms with Crippen molar-refractivity contribution in [2.24, 2.45) is 10.9 Å². The van der Waals surface area contributed by atoms with Crippen LogP contribution in [-0.2, 0) is 11.3 Å². The van der Waals surface area contributed by atoms with E-state index in [1.165, 1.54) is 0 Å². The van der Waals surface area contributed by atoms with Crippen LogP contribution in [0.15, 0.2) is 33.7 Å². The average molecular weight is 369 g/mol. The molecule has 1 aromatic rings. The first-order valence-corrected chi connectivity index (χ1v) is 8.14. The van der Waals surface area contributed by atoms with Gasteiger partial charge in [0, 0.05) is 25.1 Å². The van der Waals surface area contributed by atoms with Crippen LogP contribution in [0.1, 0.15) is 19.4 Å². The molecule has 5 nitrogen and oxygen atoms in total. The number of amides is 1. The summed E-state index contributed by atoms with van der Waals surface area (Å²) in [6.45, 7) is 5.87. The molecule has 0 atom stereocenters. The Balaban J connectivity index is 2.64. The van der Waals surface area contributed by atoms with E-state index in [9.17, 15) is 4.79 Å². The fraction of sp³-hybridized carbons (Fsp3) is 0.500. The molecule has 0 unspecified atom stereocenters. The Bertz CT molecular complexity index is 497. The standard InChI is InChI=1S/C16H25BrN4O/c1-12(2)9-18-16(20-11-15(22)21(3)4)19-10-13-5-7-14(17)8-6-13/h5-8,12H,9-11H2,1-4H3,(H2,18,19,20). The molecule has 0 aliphatic carbocycles. The number of guanidine groups is 1. The van der Waals surface area contributed by atoms with E-state index < -0.39 is 0 Å². The van der Waals surface area contributed by atoms with Crippen molar-refractivity contribution in [2.45, 2.75) is 20.4 Å². The van der Waals surface area contributed by atoms with E-state index in [2.05, 4.69) is 45.4 Å². The van der Waals surface area contributed by atoms with Crippen LogP contribution in [0.2, 0.25) is 0 Å². The van der Waals surface area contributed by atoms with Gasteiger partial charge in [0.15, 0.2) is 5.96 Å². The predicted octanol–water partition coefficient (Wildman–Crippen LogP) is 2.23. The van der Waals surface area contributed by atoms with E-state index in [1.807, 2.05) is 24.3 Å². The first-order chi connectivity index (χ1) is 10.4. The van der Waals surface area contributed by atoms with Gasteiger partial charge in [0.2, 0.25) is 5.91 Å². The summed E-state index contributed by atoms with van der Waals surface area (Å²) in [6.07, 6.45) is 0. The van der Waals surface area contributed by atoms with E-state index in [4.69, 9.17) is 0 Å². The number of carbonyl (C=O) groups is 1. The maximum absolute atomic E-state index is 11.7. The zero-order valence-electron chi connectivity index (χ0n) is 13.7. The number of aliphatic imine (C=N–C) groups is 1. The van der Waals surface area contributed by atoms with Gasteiger partial charge in [-0.1, -0.05) is 41.9 Å². The van der Waals surface area contributed by atoms with Crippen molar-refractivity contribution in [3.8, 4) is 0 Å². The van der Waals surface area contributed by atoms with Crippen LogP contribution in [0.4, 0.5) is 0 Å². The number of carbonyl (C=O) groups excluding carboxylic acids is 1. The summed E-state index contributed by atoms with van der Waals surface area (Å²) in [6, 6.07) is 8.04. The third-order valence-electron chi connectivity index (χ3n) is 2.92. The topological polar surface area (TPSA) is 56.7 Å². The molecule has 0 bridgehead atoms. The highest BCUT2D eigenvalue weighted by Gasteiger charge is 2.06. The normalized spacial score (nSPS) is 11.5. The third-order valence-corrected chi connectivity index (χ3v) is 3.45. The van der Waals surface area contributed by atoms with Crippen LogP contribution >= 0.6 is 15.9 Å². The number of nitrogens with one attached hydrogen (secondary N) is 2. The van der Waals surface area contributed by atoms with Gasteiger partial charge in [-0.05, 0) is 23.6 Å². The molecule has 0 aliphatic rings. The van der Waals surface area contributed by atoms with Gasteiger partial charge in [0.25, 0.3) is 0 Å². The Morgan fingerprint density at radius 1 is 1.23 bits per heavy atom. The summed E-state index contributed by atoms with van der Waals surface area (Å²) in [4.78, 5) is 17.8. The number of hydrogen-bond acceptors (Lipinski definition) is 2. The Morgan fingerprint density at radius 2 is 1.86 bits per heavy atom. The van der Waals surface area contributed by atoms with Gasteiger partial charge in [0.05, 0.1) is 13.1 Å². The van der Waals surface area contributed by atoms with Gasteiger partial charge >= 0.3 is 0 Å². The molecule has 2 N–H and O–H groups in total. The Hall–Kier alpha value is -1.56. The molecule has 22 heavy (non-hydrogen) atoms. The number of halogens is 1. The van der Waals surface area contributed by atoms with Crippen LogP contribution in [0.5, 0.6) is 0 Å². The van der Waals surface area contributed by atoms with Gasteiger partial charge in [-0.3, -0.25) is 4.79 Å². The quantitative estimate of drug-likeness (QED) is 0.597. The zero-order valence-corrected chi connectivity index (χ0v) is 15.3. The molecule has 0 radical (unpaired) electrons. The highest BCUT2D eigenvalue weighted by Crippen LogP contribution is 2.11. The van der Waals surface area contributed by atoms with Crippen molar-refractivity contribution in [1.82, 2.24) is 15.5 Å². The molecule has 1 rings (SSSR count). The van der Waals surface area contributed by atoms with Crippen LogP contribution in [0.3, 0.4) is 0 Å². The van der Waals surface area contributed by atoms with Crippen LogP contribution in [-0.4, -0.2) is 44.0 Å². The minimum absolute atomic E-state index is 0.0164. The number of likely N-dealkylation sites (N-methyl/N-ethyl adjacent to an activating group) is 1. The number of nitrogens with zero attached hydrogens (tertiary/aromatic N) is 2. The van der Waals surface area contributed by atoms with Gasteiger partial charge in [0.1, 0.15) is 0 Å². The van der Waals surface area contributed by atoms with Crippen molar-refractivity contribution in [2.75, 3.05) is 27.2 Å². The predicted molar refractivity (Wildman–Crippen MR) is 94.8 cm³/mol. The minimum atomic E-state index is 0.0164. The summed E-state index contributed by atoms with van der Waals surface area (Å²) in [5.41, 5.74) is 1.12. The maximum Gasteiger partial charge on any atom is 0.241 e. The molecule has 1 aromatic carbocycles. The third kappa shape index (κ3) is 7.45. The largest absolute Gasteiger partial charge is 0.356 e. The highest BCUT2D eigenvalue weighted by atomic mass is 79.9. The number of benzene rings is 1. The van der Waals surface area contributed by atoms with E-state index >= 15 is 0 Å². The number of hydrogen-bond donors (Lipinski definition) is 2. The lowest BCUT2D eigenvalue weighted by molar-refractivity contribution is -0.127. The second kappa shape index (κ2) is 9.46. The lowest BCUT2D eigenvalue weighted by Gasteiger charge is -2.16. The Kier molecular flexibility index (Phi) is 7.95. The lowest BCUT2D eigenvalue weighted by Crippen LogP contribution is -2.44. The molecule has 1 amide bonds. The van der Waals surface area contributed by atoms with Gasteiger partial charge in [-0.15, -0.1) is 0 Å². The molecule has 6 heteroatoms. The SMILES string of the molecule is CC(C)CNC(=NCc1ccc(Br)cc1)NCC(=O)N(C)C. The fourth-order valence-electron chi connectivity index (χ4n) is 1.55. The second-order valence-corrected chi connectivity index (χ2v) is 6.62. The minimum Gasteiger partial charge on any atom is -0.356 e. The van der Waals surface area contributed by atoms with Gasteiger partial charge in [-0.25, -0.2) is 4.99 Å². The molecule has 0 saturated heterocycles. The molecule has 0 heterocycles. The number of rotatable bonds is 6. The zero-order chi connectivity index (χ0) is 16.5. The van der Waals surface area contributed by atoms with Crippen molar-refractivity contribution in [3.63, 3.8) is 0 Å². The van der Waals surface area contributed by atoms with E-state index in [0.29, 0.717) is 18.4 Å². The average Bonchev–Trinajstić information content (AvgIpc) is 2.47. The van der Waals surface area contributed by atoms with Crippen LogP contribution < -0.4 is 10.6 Å². The highest BCUT2D eigenvalue weighted by molar-refractivity contribution is 9.10. The van der Waals surface area contributed by atoms with Gasteiger partial charge in [-0.2, -0.15) is 0 Å². The van der Waals surface area contributed by atoms with Crippen LogP contribution in [0.25, 0.3) is 0 Å². The Labute approximate surface area is 141 Å². The molecular formula is C16H25BrN4O. The molecule has 122 valence electrons. The van der Waals surface area contributed by atoms with Crippen molar-refractivity contribution < 1.29 is 4.79 Å². The second-order valence-electron chi connectivity index (χ2n) is 5.71. The first-order valence-electron chi connectivity index (χ1n) is 7.35. The molecule has 0 aromatic heterocycles. The smallest absolute Gasteiger partial charge is 0.241 e. The van der Waals surface area contributed by atoms with Crippen molar-refractivity contribution in [1.29, 1.82) is 0 Å². The van der Waals surface area contributed by atoms with Crippen LogP contribution in [0, 0.1) is 5.92 Å². The molecule has 0 saturated carbocycles. The summed E-state index contributed by atoms with van der Waals surface area (Å²) in [7, 11) is 3.48. The molecule has 0 fully saturated rings. The van der Waals surface area contributed by atoms with Crippen molar-refractivity contribution in [3.05, 3.63) is 34.3 Å². The molecule has 0 spiro atoms. The van der Waals surface area contributed by atoms with E-state index in [0.717, 1.165) is 16.6 Å². The van der Waals surface area contributed by atoms with Crippen molar-refractivity contribution >= 4 is 27.8 Å². The maximum atomic E-state index is 11.7. The summed E-state index contributed by atoms with van der Waals surface area (Å²) in [5.74, 6) is 1.18. The van der Waals surface area contributed by atoms with Gasteiger partial charge < -0.3 is 15.5 Å².